The van der Waals surface area contributed by atoms with Gasteiger partial charge in [0.1, 0.15) is 0 Å². The Morgan fingerprint density at radius 1 is 0.525 bits per heavy atom. The van der Waals surface area contributed by atoms with Gasteiger partial charge in [0.25, 0.3) is 0 Å². The molecule has 0 N–H and O–H groups in total. The Morgan fingerprint density at radius 3 is 1.92 bits per heavy atom. The first-order valence-corrected chi connectivity index (χ1v) is 21.2. The summed E-state index contributed by atoms with van der Waals surface area (Å²) in [4.78, 5) is 2.42. The van der Waals surface area contributed by atoms with Crippen LogP contribution in [-0.2, 0) is 10.8 Å². The van der Waals surface area contributed by atoms with Gasteiger partial charge in [0, 0.05) is 44.5 Å². The van der Waals surface area contributed by atoms with Crippen LogP contribution in [0.5, 0.6) is 0 Å². The van der Waals surface area contributed by atoms with E-state index < -0.39 is 0 Å². The highest BCUT2D eigenvalue weighted by atomic mass is 15.1. The van der Waals surface area contributed by atoms with Crippen LogP contribution in [0.15, 0.2) is 182 Å². The summed E-state index contributed by atoms with van der Waals surface area (Å²) in [7, 11) is 0. The summed E-state index contributed by atoms with van der Waals surface area (Å²) >= 11 is 0. The second kappa shape index (κ2) is 13.2. The van der Waals surface area contributed by atoms with Crippen molar-refractivity contribution in [2.75, 3.05) is 4.90 Å². The van der Waals surface area contributed by atoms with Gasteiger partial charge < -0.3 is 9.47 Å². The topological polar surface area (TPSA) is 8.17 Å². The predicted molar refractivity (Wildman–Crippen MR) is 249 cm³/mol. The summed E-state index contributed by atoms with van der Waals surface area (Å²) < 4.78 is 2.52. The fourth-order valence-corrected chi connectivity index (χ4v) is 10.8. The number of anilines is 3. The summed E-state index contributed by atoms with van der Waals surface area (Å²) in [5.41, 5.74) is 23.3. The van der Waals surface area contributed by atoms with Gasteiger partial charge in [-0.25, -0.2) is 0 Å². The second-order valence-corrected chi connectivity index (χ2v) is 17.7. The highest BCUT2D eigenvalue weighted by Crippen LogP contribution is 2.55. The Balaban J connectivity index is 1.03. The molecule has 2 heteroatoms. The lowest BCUT2D eigenvalue weighted by atomic mass is 9.78. The third-order valence-corrected chi connectivity index (χ3v) is 13.7. The lowest BCUT2D eigenvalue weighted by Crippen LogP contribution is -2.18. The van der Waals surface area contributed by atoms with E-state index in [4.69, 9.17) is 0 Å². The number of hydrogen-bond donors (Lipinski definition) is 0. The smallest absolute Gasteiger partial charge is 0.0585 e. The van der Waals surface area contributed by atoms with E-state index in [1.54, 1.807) is 5.57 Å². The quantitative estimate of drug-likeness (QED) is 0.164. The minimum absolute atomic E-state index is 0.00843. The molecule has 1 aromatic heterocycles. The van der Waals surface area contributed by atoms with Gasteiger partial charge in [-0.15, -0.1) is 0 Å². The monoisotopic (exact) mass is 760 g/mol. The molecule has 7 aromatic carbocycles. The highest BCUT2D eigenvalue weighted by molar-refractivity contribution is 6.03. The lowest BCUT2D eigenvalue weighted by Gasteiger charge is -2.29. The van der Waals surface area contributed by atoms with Crippen molar-refractivity contribution in [2.45, 2.75) is 58.3 Å². The van der Waals surface area contributed by atoms with E-state index in [-0.39, 0.29) is 10.8 Å². The number of allylic oxidation sites excluding steroid dienone is 4. The van der Waals surface area contributed by atoms with Crippen LogP contribution >= 0.6 is 0 Å². The molecule has 0 saturated carbocycles. The molecule has 0 atom stereocenters. The summed E-state index contributed by atoms with van der Waals surface area (Å²) in [6.07, 6.45) is 6.95. The maximum atomic E-state index is 2.52. The molecule has 0 spiro atoms. The Kier molecular flexibility index (Phi) is 7.94. The van der Waals surface area contributed by atoms with Gasteiger partial charge in [-0.1, -0.05) is 155 Å². The van der Waals surface area contributed by atoms with Crippen LogP contribution in [-0.4, -0.2) is 4.57 Å². The van der Waals surface area contributed by atoms with Crippen molar-refractivity contribution in [1.29, 1.82) is 0 Å². The zero-order valence-electron chi connectivity index (χ0n) is 34.6. The van der Waals surface area contributed by atoms with Gasteiger partial charge in [-0.2, -0.15) is 0 Å². The van der Waals surface area contributed by atoms with Crippen LogP contribution in [0.4, 0.5) is 17.1 Å². The van der Waals surface area contributed by atoms with Crippen LogP contribution in [0.2, 0.25) is 0 Å². The van der Waals surface area contributed by atoms with Gasteiger partial charge in [0.15, 0.2) is 0 Å². The van der Waals surface area contributed by atoms with Crippen LogP contribution < -0.4 is 4.90 Å². The SMILES string of the molecule is Cc1c(-c2ccc(N(c3ccccc3)c3ccc4c(c3)C(C)(C)C3=C4C=CCC3)cc2)ccc2c1c1c(n2-c2ccc(-c3ccccc3)cc2)-c2ccccc2C1(C)C. The Hall–Kier alpha value is -6.64. The minimum Gasteiger partial charge on any atom is -0.310 e. The van der Waals surface area contributed by atoms with E-state index in [1.807, 2.05) is 0 Å². The van der Waals surface area contributed by atoms with Crippen molar-refractivity contribution in [3.8, 4) is 39.2 Å². The molecule has 3 aliphatic rings. The largest absolute Gasteiger partial charge is 0.310 e. The number of rotatable bonds is 6. The molecule has 2 nitrogen and oxygen atoms in total. The fraction of sp³-hybridized carbons (Fsp3) is 0.158. The average molecular weight is 761 g/mol. The standard InChI is InChI=1S/C57H48N2/c1-37-45(40-26-30-42(31-27-40)58(41-18-10-7-11-19-41)44-32-33-47-46-20-12-14-22-49(46)56(2,3)51(47)36-44)34-35-52-53(37)54-55(48-21-13-15-23-50(48)57(54,4)5)59(52)43-28-24-39(25-29-43)38-16-8-6-9-17-38/h6-13,15-21,23-36H,14,22H2,1-5H3. The summed E-state index contributed by atoms with van der Waals surface area (Å²) in [5, 5.41) is 1.35. The zero-order chi connectivity index (χ0) is 40.0. The molecule has 0 radical (unpaired) electrons. The summed E-state index contributed by atoms with van der Waals surface area (Å²) in [6, 6.07) is 60.7. The third kappa shape index (κ3) is 5.32. The predicted octanol–water partition coefficient (Wildman–Crippen LogP) is 15.4. The zero-order valence-corrected chi connectivity index (χ0v) is 34.6. The maximum absolute atomic E-state index is 2.52. The fourth-order valence-electron chi connectivity index (χ4n) is 10.8. The summed E-state index contributed by atoms with van der Waals surface area (Å²) in [6.45, 7) is 12.0. The molecule has 59 heavy (non-hydrogen) atoms. The molecule has 0 fully saturated rings. The average Bonchev–Trinajstić information content (AvgIpc) is 3.83. The van der Waals surface area contributed by atoms with Crippen LogP contribution in [0.1, 0.15) is 68.4 Å². The van der Waals surface area contributed by atoms with Crippen molar-refractivity contribution in [2.24, 2.45) is 0 Å². The molecular weight excluding hydrogens is 713 g/mol. The van der Waals surface area contributed by atoms with E-state index in [1.165, 1.54) is 89.2 Å². The molecule has 1 heterocycles. The molecule has 8 aromatic rings. The third-order valence-electron chi connectivity index (χ3n) is 13.7. The normalized spacial score (nSPS) is 15.5. The number of para-hydroxylation sites is 1. The maximum Gasteiger partial charge on any atom is 0.0585 e. The number of benzene rings is 7. The van der Waals surface area contributed by atoms with E-state index >= 15 is 0 Å². The molecule has 11 rings (SSSR count). The number of aryl methyl sites for hydroxylation is 1. The number of fused-ring (bicyclic) bond motifs is 7. The van der Waals surface area contributed by atoms with Crippen LogP contribution in [0.3, 0.4) is 0 Å². The van der Waals surface area contributed by atoms with Crippen molar-refractivity contribution >= 4 is 33.5 Å². The van der Waals surface area contributed by atoms with Crippen molar-refractivity contribution in [3.05, 3.63) is 209 Å². The molecule has 0 unspecified atom stereocenters. The van der Waals surface area contributed by atoms with Crippen molar-refractivity contribution in [1.82, 2.24) is 4.57 Å². The first-order chi connectivity index (χ1) is 28.7. The molecule has 0 saturated heterocycles. The Bertz CT molecular complexity index is 3010. The molecule has 0 aliphatic heterocycles. The molecule has 286 valence electrons. The first kappa shape index (κ1) is 35.5. The van der Waals surface area contributed by atoms with Gasteiger partial charge in [-0.05, 0) is 130 Å². The van der Waals surface area contributed by atoms with Gasteiger partial charge >= 0.3 is 0 Å². The Labute approximate surface area is 348 Å². The van der Waals surface area contributed by atoms with Crippen molar-refractivity contribution < 1.29 is 0 Å². The van der Waals surface area contributed by atoms with Gasteiger partial charge in [-0.3, -0.25) is 0 Å². The van der Waals surface area contributed by atoms with E-state index in [9.17, 15) is 0 Å². The second-order valence-electron chi connectivity index (χ2n) is 17.7. The minimum atomic E-state index is -0.154. The van der Waals surface area contributed by atoms with E-state index in [0.29, 0.717) is 0 Å². The molecule has 3 aliphatic carbocycles. The number of aromatic nitrogens is 1. The van der Waals surface area contributed by atoms with E-state index in [0.717, 1.165) is 24.2 Å². The van der Waals surface area contributed by atoms with Crippen LogP contribution in [0, 0.1) is 6.92 Å². The Morgan fingerprint density at radius 2 is 1.15 bits per heavy atom. The molecular formula is C57H48N2. The van der Waals surface area contributed by atoms with Crippen molar-refractivity contribution in [3.63, 3.8) is 0 Å². The van der Waals surface area contributed by atoms with Gasteiger partial charge in [0.2, 0.25) is 0 Å². The molecule has 0 bridgehead atoms. The number of hydrogen-bond acceptors (Lipinski definition) is 1. The first-order valence-electron chi connectivity index (χ1n) is 21.2. The van der Waals surface area contributed by atoms with Gasteiger partial charge in [0.05, 0.1) is 11.2 Å². The molecule has 0 amide bonds. The lowest BCUT2D eigenvalue weighted by molar-refractivity contribution is 0.607. The van der Waals surface area contributed by atoms with Crippen LogP contribution in [0.25, 0.3) is 55.7 Å². The number of nitrogens with zero attached hydrogens (tertiary/aromatic N) is 2. The summed E-state index contributed by atoms with van der Waals surface area (Å²) in [5.74, 6) is 0. The highest BCUT2D eigenvalue weighted by Gasteiger charge is 2.41. The van der Waals surface area contributed by atoms with E-state index in [2.05, 4.69) is 220 Å².